The van der Waals surface area contributed by atoms with Crippen molar-refractivity contribution in [3.05, 3.63) is 65.3 Å². The lowest BCUT2D eigenvalue weighted by molar-refractivity contribution is 0.0606. The molecule has 2 aromatic heterocycles. The number of carbonyl (C=O) groups is 1. The highest BCUT2D eigenvalue weighted by Gasteiger charge is 2.31. The lowest BCUT2D eigenvalue weighted by atomic mass is 10.0. The predicted octanol–water partition coefficient (Wildman–Crippen LogP) is 4.64. The average molecular weight is 355 g/mol. The fourth-order valence-electron chi connectivity index (χ4n) is 3.32. The maximum Gasteiger partial charge on any atom is 0.264 e. The van der Waals surface area contributed by atoms with Crippen LogP contribution in [0.1, 0.15) is 40.8 Å². The number of halogens is 1. The third-order valence-electron chi connectivity index (χ3n) is 4.55. The molecule has 0 aliphatic carbocycles. The minimum absolute atomic E-state index is 0.00584. The minimum atomic E-state index is -0.269. The number of imidazole rings is 1. The number of carbonyl (C=O) groups excluding carboxylic acids is 1. The van der Waals surface area contributed by atoms with Gasteiger partial charge in [0, 0.05) is 29.4 Å². The van der Waals surface area contributed by atoms with E-state index in [1.165, 1.54) is 17.4 Å². The number of nitrogens with zero attached hydrogens (tertiary/aromatic N) is 2. The van der Waals surface area contributed by atoms with E-state index in [0.29, 0.717) is 10.4 Å². The Hall–Kier alpha value is -2.47. The number of piperidine rings is 1. The van der Waals surface area contributed by atoms with Gasteiger partial charge in [0.25, 0.3) is 5.91 Å². The average Bonchev–Trinajstić information content (AvgIpc) is 3.34. The summed E-state index contributed by atoms with van der Waals surface area (Å²) in [6.45, 7) is 0.719. The zero-order valence-electron chi connectivity index (χ0n) is 13.6. The summed E-state index contributed by atoms with van der Waals surface area (Å²) in [5.74, 6) is 0.558. The third kappa shape index (κ3) is 3.09. The van der Waals surface area contributed by atoms with Gasteiger partial charge in [-0.1, -0.05) is 18.2 Å². The number of rotatable bonds is 3. The Balaban J connectivity index is 1.61. The molecule has 3 heterocycles. The standard InChI is InChI=1S/C19H18FN3OS/c20-14-6-2-1-5-13(14)16-8-9-17(25-16)19(24)23-12-4-3-7-15(23)18-21-10-11-22-18/h1-2,5-6,8-11,15H,3-4,7,12H2,(H,21,22)/t15-/m0/s1. The number of nitrogens with one attached hydrogen (secondary N) is 1. The molecule has 1 aliphatic heterocycles. The lowest BCUT2D eigenvalue weighted by Crippen LogP contribution is -2.38. The number of benzene rings is 1. The van der Waals surface area contributed by atoms with Crippen LogP contribution in [0.5, 0.6) is 0 Å². The van der Waals surface area contributed by atoms with Crippen LogP contribution in [0.3, 0.4) is 0 Å². The van der Waals surface area contributed by atoms with E-state index in [9.17, 15) is 9.18 Å². The van der Waals surface area contributed by atoms with Gasteiger partial charge in [-0.3, -0.25) is 4.79 Å². The van der Waals surface area contributed by atoms with E-state index in [1.807, 2.05) is 11.0 Å². The van der Waals surface area contributed by atoms with E-state index in [-0.39, 0.29) is 17.8 Å². The lowest BCUT2D eigenvalue weighted by Gasteiger charge is -2.34. The molecule has 1 N–H and O–H groups in total. The summed E-state index contributed by atoms with van der Waals surface area (Å²) < 4.78 is 14.0. The first-order valence-electron chi connectivity index (χ1n) is 8.39. The molecule has 4 rings (SSSR count). The van der Waals surface area contributed by atoms with Crippen molar-refractivity contribution in [2.75, 3.05) is 6.54 Å². The second kappa shape index (κ2) is 6.80. The Labute approximate surface area is 149 Å². The van der Waals surface area contributed by atoms with E-state index < -0.39 is 0 Å². The minimum Gasteiger partial charge on any atom is -0.347 e. The van der Waals surface area contributed by atoms with Crippen molar-refractivity contribution in [3.63, 3.8) is 0 Å². The Morgan fingerprint density at radius 2 is 2.12 bits per heavy atom. The summed E-state index contributed by atoms with van der Waals surface area (Å²) >= 11 is 1.34. The van der Waals surface area contributed by atoms with Gasteiger partial charge in [0.05, 0.1) is 10.9 Å². The number of hydrogen-bond donors (Lipinski definition) is 1. The second-order valence-electron chi connectivity index (χ2n) is 6.13. The number of aromatic nitrogens is 2. The van der Waals surface area contributed by atoms with E-state index in [0.717, 1.165) is 36.5 Å². The molecule has 0 spiro atoms. The molecule has 6 heteroatoms. The highest BCUT2D eigenvalue weighted by molar-refractivity contribution is 7.17. The molecule has 1 saturated heterocycles. The van der Waals surface area contributed by atoms with Gasteiger partial charge in [0.1, 0.15) is 11.6 Å². The Kier molecular flexibility index (Phi) is 4.36. The maximum atomic E-state index is 14.0. The summed E-state index contributed by atoms with van der Waals surface area (Å²) in [4.78, 5) is 23.8. The first kappa shape index (κ1) is 16.0. The largest absolute Gasteiger partial charge is 0.347 e. The molecule has 25 heavy (non-hydrogen) atoms. The molecular formula is C19H18FN3OS. The molecule has 1 aromatic carbocycles. The van der Waals surface area contributed by atoms with Crippen molar-refractivity contribution in [3.8, 4) is 10.4 Å². The number of thiophene rings is 1. The van der Waals surface area contributed by atoms with Crippen LogP contribution in [-0.2, 0) is 0 Å². The molecule has 1 atom stereocenters. The molecule has 0 radical (unpaired) electrons. The van der Waals surface area contributed by atoms with Crippen molar-refractivity contribution in [2.24, 2.45) is 0 Å². The van der Waals surface area contributed by atoms with Gasteiger partial charge in [0.15, 0.2) is 0 Å². The highest BCUT2D eigenvalue weighted by atomic mass is 32.1. The molecule has 0 bridgehead atoms. The normalized spacial score (nSPS) is 17.6. The number of amides is 1. The molecular weight excluding hydrogens is 337 g/mol. The van der Waals surface area contributed by atoms with E-state index >= 15 is 0 Å². The van der Waals surface area contributed by atoms with Crippen LogP contribution in [0, 0.1) is 5.82 Å². The van der Waals surface area contributed by atoms with Crippen LogP contribution in [0.4, 0.5) is 4.39 Å². The maximum absolute atomic E-state index is 14.0. The molecule has 0 saturated carbocycles. The SMILES string of the molecule is O=C(c1ccc(-c2ccccc2F)s1)N1CCCC[C@H]1c1ncc[nH]1. The van der Waals surface area contributed by atoms with Gasteiger partial charge >= 0.3 is 0 Å². The second-order valence-corrected chi connectivity index (χ2v) is 7.21. The highest BCUT2D eigenvalue weighted by Crippen LogP contribution is 2.34. The number of likely N-dealkylation sites (tertiary alicyclic amines) is 1. The van der Waals surface area contributed by atoms with Crippen molar-refractivity contribution >= 4 is 17.2 Å². The smallest absolute Gasteiger partial charge is 0.264 e. The Bertz CT molecular complexity index is 874. The first-order chi connectivity index (χ1) is 12.2. The number of hydrogen-bond acceptors (Lipinski definition) is 3. The van der Waals surface area contributed by atoms with Crippen LogP contribution < -0.4 is 0 Å². The van der Waals surface area contributed by atoms with Crippen molar-refractivity contribution < 1.29 is 9.18 Å². The summed E-state index contributed by atoms with van der Waals surface area (Å²) in [6, 6.07) is 10.2. The zero-order chi connectivity index (χ0) is 17.2. The third-order valence-corrected chi connectivity index (χ3v) is 5.66. The summed E-state index contributed by atoms with van der Waals surface area (Å²) in [5.41, 5.74) is 0.535. The fraction of sp³-hybridized carbons (Fsp3) is 0.263. The first-order valence-corrected chi connectivity index (χ1v) is 9.20. The van der Waals surface area contributed by atoms with E-state index in [2.05, 4.69) is 9.97 Å². The summed E-state index contributed by atoms with van der Waals surface area (Å²) in [5, 5.41) is 0. The van der Waals surface area contributed by atoms with E-state index in [1.54, 1.807) is 36.7 Å². The van der Waals surface area contributed by atoms with E-state index in [4.69, 9.17) is 0 Å². The van der Waals surface area contributed by atoms with Crippen LogP contribution in [0.25, 0.3) is 10.4 Å². The predicted molar refractivity (Wildman–Crippen MR) is 95.9 cm³/mol. The zero-order valence-corrected chi connectivity index (χ0v) is 14.4. The topological polar surface area (TPSA) is 49.0 Å². The van der Waals surface area contributed by atoms with Gasteiger partial charge in [-0.25, -0.2) is 9.37 Å². The number of aromatic amines is 1. The van der Waals surface area contributed by atoms with Gasteiger partial charge in [-0.15, -0.1) is 11.3 Å². The van der Waals surface area contributed by atoms with Gasteiger partial charge in [-0.05, 0) is 37.5 Å². The molecule has 1 aliphatic rings. The van der Waals surface area contributed by atoms with Crippen LogP contribution in [0.15, 0.2) is 48.8 Å². The Morgan fingerprint density at radius 3 is 2.92 bits per heavy atom. The van der Waals surface area contributed by atoms with Crippen LogP contribution in [-0.4, -0.2) is 27.3 Å². The summed E-state index contributed by atoms with van der Waals surface area (Å²) in [7, 11) is 0. The van der Waals surface area contributed by atoms with Gasteiger partial charge in [-0.2, -0.15) is 0 Å². The fourth-order valence-corrected chi connectivity index (χ4v) is 4.31. The molecule has 4 nitrogen and oxygen atoms in total. The number of H-pyrrole nitrogens is 1. The molecule has 128 valence electrons. The van der Waals surface area contributed by atoms with Gasteiger partial charge in [0.2, 0.25) is 0 Å². The van der Waals surface area contributed by atoms with Crippen LogP contribution in [0.2, 0.25) is 0 Å². The van der Waals surface area contributed by atoms with Crippen LogP contribution >= 0.6 is 11.3 Å². The molecule has 1 fully saturated rings. The monoisotopic (exact) mass is 355 g/mol. The quantitative estimate of drug-likeness (QED) is 0.744. The molecule has 1 amide bonds. The molecule has 3 aromatic rings. The van der Waals surface area contributed by atoms with Crippen molar-refractivity contribution in [2.45, 2.75) is 25.3 Å². The van der Waals surface area contributed by atoms with Crippen molar-refractivity contribution in [1.82, 2.24) is 14.9 Å². The molecule has 0 unspecified atom stereocenters. The van der Waals surface area contributed by atoms with Crippen molar-refractivity contribution in [1.29, 1.82) is 0 Å². The van der Waals surface area contributed by atoms with Gasteiger partial charge < -0.3 is 9.88 Å². The summed E-state index contributed by atoms with van der Waals surface area (Å²) in [6.07, 6.45) is 6.49. The Morgan fingerprint density at radius 1 is 1.24 bits per heavy atom.